The van der Waals surface area contributed by atoms with Gasteiger partial charge in [0.15, 0.2) is 8.32 Å². The molecule has 2 atom stereocenters. The molecule has 0 aromatic rings. The van der Waals surface area contributed by atoms with E-state index in [9.17, 15) is 30.7 Å². The van der Waals surface area contributed by atoms with E-state index in [1.807, 2.05) is 0 Å². The van der Waals surface area contributed by atoms with Crippen LogP contribution in [0.2, 0.25) is 51.4 Å². The van der Waals surface area contributed by atoms with Crippen LogP contribution in [0, 0.1) is 5.92 Å². The van der Waals surface area contributed by atoms with Gasteiger partial charge in [0.1, 0.15) is 0 Å². The minimum absolute atomic E-state index is 0.0932. The summed E-state index contributed by atoms with van der Waals surface area (Å²) in [6.07, 6.45) is -11.6. The molecule has 0 spiro atoms. The highest BCUT2D eigenvalue weighted by atomic mass is 28.4. The van der Waals surface area contributed by atoms with Crippen molar-refractivity contribution in [3.05, 3.63) is 0 Å². The largest absolute Gasteiger partial charge is 0.500 e. The SMILES string of the molecule is CO[Si](CCCC(C[Si](C)(C)C)C(CCCOCCC(F)(C(F)(F)F)C(F)(F)F)O[Si](C)(C)C)(OC)OC. The van der Waals surface area contributed by atoms with Crippen molar-refractivity contribution in [1.29, 1.82) is 0 Å². The molecule has 0 bridgehead atoms. The van der Waals surface area contributed by atoms with E-state index in [4.69, 9.17) is 22.4 Å². The van der Waals surface area contributed by atoms with E-state index in [1.54, 1.807) is 21.3 Å². The predicted molar refractivity (Wildman–Crippen MR) is 141 cm³/mol. The molecule has 5 nitrogen and oxygen atoms in total. The second kappa shape index (κ2) is 15.3. The lowest BCUT2D eigenvalue weighted by Crippen LogP contribution is -2.53. The van der Waals surface area contributed by atoms with Crippen molar-refractivity contribution in [3.63, 3.8) is 0 Å². The van der Waals surface area contributed by atoms with Crippen LogP contribution in [0.25, 0.3) is 0 Å². The van der Waals surface area contributed by atoms with Gasteiger partial charge in [0.25, 0.3) is 0 Å². The predicted octanol–water partition coefficient (Wildman–Crippen LogP) is 7.84. The maximum Gasteiger partial charge on any atom is 0.500 e. The molecule has 0 aliphatic heterocycles. The fraction of sp³-hybridized carbons (Fsp3) is 1.00. The van der Waals surface area contributed by atoms with Gasteiger partial charge < -0.3 is 22.4 Å². The lowest BCUT2D eigenvalue weighted by atomic mass is 9.95. The first kappa shape index (κ1) is 38.0. The van der Waals surface area contributed by atoms with Crippen molar-refractivity contribution in [3.8, 4) is 0 Å². The summed E-state index contributed by atoms with van der Waals surface area (Å²) in [6.45, 7) is 11.9. The molecular weight excluding hydrogens is 573 g/mol. The number of hydrogen-bond donors (Lipinski definition) is 0. The van der Waals surface area contributed by atoms with Gasteiger partial charge in [0.05, 0.1) is 6.61 Å². The topological polar surface area (TPSA) is 46.2 Å². The minimum atomic E-state index is -6.07. The zero-order valence-corrected chi connectivity index (χ0v) is 27.2. The highest BCUT2D eigenvalue weighted by Gasteiger charge is 2.71. The molecule has 0 saturated heterocycles. The molecule has 0 aromatic carbocycles. The highest BCUT2D eigenvalue weighted by Crippen LogP contribution is 2.48. The van der Waals surface area contributed by atoms with E-state index >= 15 is 0 Å². The molecule has 0 aromatic heterocycles. The molecule has 2 unspecified atom stereocenters. The third-order valence-corrected chi connectivity index (χ3v) is 11.8. The molecule has 15 heteroatoms. The molecule has 0 fully saturated rings. The molecule has 0 aliphatic rings. The Kier molecular flexibility index (Phi) is 15.2. The second-order valence-corrected chi connectivity index (χ2v) is 24.9. The van der Waals surface area contributed by atoms with Crippen LogP contribution in [0.1, 0.15) is 32.1 Å². The average molecular weight is 621 g/mol. The summed E-state index contributed by atoms with van der Waals surface area (Å²) in [4.78, 5) is 0. The van der Waals surface area contributed by atoms with Crippen molar-refractivity contribution in [2.45, 2.75) is 108 Å². The number of rotatable bonds is 19. The second-order valence-electron chi connectivity index (χ2n) is 11.8. The smallest absolute Gasteiger partial charge is 0.414 e. The summed E-state index contributed by atoms with van der Waals surface area (Å²) in [7, 11) is -1.57. The molecule has 0 amide bonds. The lowest BCUT2D eigenvalue weighted by Gasteiger charge is -2.36. The maximum absolute atomic E-state index is 13.8. The zero-order valence-electron chi connectivity index (χ0n) is 24.2. The van der Waals surface area contributed by atoms with E-state index in [1.165, 1.54) is 0 Å². The Labute approximate surface area is 226 Å². The standard InChI is InChI=1S/C23H47F7O5Si3/c1-31-38(32-2,33-3)17-11-12-19(18-36(4,5)6)20(35-37(7,8)9)13-10-15-34-16-14-21(24,22(25,26)27)23(28,29)30/h19-20H,10-18H2,1-9H3. The van der Waals surface area contributed by atoms with Crippen LogP contribution in [-0.4, -0.2) is 83.9 Å². The molecule has 230 valence electrons. The summed E-state index contributed by atoms with van der Waals surface area (Å²) in [5.41, 5.74) is -5.29. The minimum Gasteiger partial charge on any atom is -0.414 e. The van der Waals surface area contributed by atoms with Gasteiger partial charge in [0, 0.05) is 54.6 Å². The maximum atomic E-state index is 13.8. The third-order valence-electron chi connectivity index (χ3n) is 6.16. The van der Waals surface area contributed by atoms with Crippen LogP contribution < -0.4 is 0 Å². The van der Waals surface area contributed by atoms with Gasteiger partial charge in [-0.3, -0.25) is 0 Å². The first-order valence-corrected chi connectivity index (χ1v) is 21.8. The van der Waals surface area contributed by atoms with Gasteiger partial charge in [0.2, 0.25) is 0 Å². The summed E-state index contributed by atoms with van der Waals surface area (Å²) in [5, 5.41) is 0. The first-order valence-electron chi connectivity index (χ1n) is 12.8. The summed E-state index contributed by atoms with van der Waals surface area (Å²) >= 11 is 0. The van der Waals surface area contributed by atoms with E-state index < -0.39 is 56.2 Å². The van der Waals surface area contributed by atoms with Gasteiger partial charge in [-0.1, -0.05) is 25.7 Å². The van der Waals surface area contributed by atoms with E-state index in [0.717, 1.165) is 18.9 Å². The van der Waals surface area contributed by atoms with Crippen LogP contribution in [0.5, 0.6) is 0 Å². The monoisotopic (exact) mass is 620 g/mol. The molecule has 0 rings (SSSR count). The fourth-order valence-corrected chi connectivity index (χ4v) is 9.34. The van der Waals surface area contributed by atoms with E-state index in [-0.39, 0.29) is 18.6 Å². The Bertz CT molecular complexity index is 641. The molecule has 38 heavy (non-hydrogen) atoms. The summed E-state index contributed by atoms with van der Waals surface area (Å²) in [6, 6.07) is 1.61. The Morgan fingerprint density at radius 3 is 1.58 bits per heavy atom. The quantitative estimate of drug-likeness (QED) is 0.0837. The van der Waals surface area contributed by atoms with Gasteiger partial charge in [-0.15, -0.1) is 0 Å². The van der Waals surface area contributed by atoms with Crippen LogP contribution in [-0.2, 0) is 22.4 Å². The summed E-state index contributed by atoms with van der Waals surface area (Å²) in [5.74, 6) is 0.194. The van der Waals surface area contributed by atoms with Crippen molar-refractivity contribution >= 4 is 25.2 Å². The van der Waals surface area contributed by atoms with Crippen molar-refractivity contribution in [2.24, 2.45) is 5.92 Å². The summed E-state index contributed by atoms with van der Waals surface area (Å²) < 4.78 is 118. The average Bonchev–Trinajstić information content (AvgIpc) is 2.74. The first-order chi connectivity index (χ1) is 17.1. The Morgan fingerprint density at radius 1 is 0.684 bits per heavy atom. The van der Waals surface area contributed by atoms with Gasteiger partial charge in [-0.25, -0.2) is 4.39 Å². The number of halogens is 7. The molecule has 0 radical (unpaired) electrons. The number of ether oxygens (including phenoxy) is 1. The molecule has 0 heterocycles. The van der Waals surface area contributed by atoms with Crippen LogP contribution in [0.3, 0.4) is 0 Å². The van der Waals surface area contributed by atoms with Gasteiger partial charge in [-0.2, -0.15) is 26.3 Å². The molecule has 0 aliphatic carbocycles. The Hall–Kier alpha value is -0.0394. The van der Waals surface area contributed by atoms with E-state index in [2.05, 4.69) is 39.3 Å². The van der Waals surface area contributed by atoms with Gasteiger partial charge in [-0.05, 0) is 51.2 Å². The van der Waals surface area contributed by atoms with Crippen LogP contribution in [0.4, 0.5) is 30.7 Å². The Morgan fingerprint density at radius 2 is 1.18 bits per heavy atom. The van der Waals surface area contributed by atoms with Crippen molar-refractivity contribution in [1.82, 2.24) is 0 Å². The third kappa shape index (κ3) is 13.1. The number of alkyl halides is 7. The highest BCUT2D eigenvalue weighted by molar-refractivity contribution is 6.76. The Balaban J connectivity index is 5.30. The number of hydrogen-bond acceptors (Lipinski definition) is 5. The zero-order chi connectivity index (χ0) is 30.1. The van der Waals surface area contributed by atoms with Gasteiger partial charge >= 0.3 is 26.8 Å². The lowest BCUT2D eigenvalue weighted by molar-refractivity contribution is -0.345. The van der Waals surface area contributed by atoms with Crippen LogP contribution in [0.15, 0.2) is 0 Å². The van der Waals surface area contributed by atoms with Crippen molar-refractivity contribution in [2.75, 3.05) is 34.5 Å². The molecule has 0 saturated carbocycles. The normalized spacial score (nSPS) is 16.1. The van der Waals surface area contributed by atoms with E-state index in [0.29, 0.717) is 18.9 Å². The fourth-order valence-electron chi connectivity index (χ4n) is 4.33. The van der Waals surface area contributed by atoms with Crippen LogP contribution >= 0.6 is 0 Å². The molecular formula is C23H47F7O5Si3. The molecule has 0 N–H and O–H groups in total. The van der Waals surface area contributed by atoms with Crippen molar-refractivity contribution < 1.29 is 53.2 Å².